The van der Waals surface area contributed by atoms with Gasteiger partial charge in [-0.2, -0.15) is 0 Å². The quantitative estimate of drug-likeness (QED) is 0.806. The van der Waals surface area contributed by atoms with E-state index in [2.05, 4.69) is 20.7 Å². The molecule has 2 aromatic carbocycles. The van der Waals surface area contributed by atoms with Gasteiger partial charge in [0.05, 0.1) is 10.6 Å². The van der Waals surface area contributed by atoms with Gasteiger partial charge in [-0.15, -0.1) is 0 Å². The largest absolute Gasteiger partial charge is 0.399 e. The van der Waals surface area contributed by atoms with Gasteiger partial charge in [0.1, 0.15) is 5.82 Å². The lowest BCUT2D eigenvalue weighted by atomic mass is 10.1. The van der Waals surface area contributed by atoms with Crippen molar-refractivity contribution in [1.82, 2.24) is 0 Å². The summed E-state index contributed by atoms with van der Waals surface area (Å²) in [5.74, 6) is -0.657. The number of nitrogens with two attached hydrogens (primary N) is 1. The van der Waals surface area contributed by atoms with E-state index in [9.17, 15) is 12.8 Å². The number of anilines is 2. The highest BCUT2D eigenvalue weighted by molar-refractivity contribution is 9.10. The Morgan fingerprint density at radius 3 is 2.57 bits per heavy atom. The fourth-order valence-electron chi connectivity index (χ4n) is 1.89. The van der Waals surface area contributed by atoms with Crippen LogP contribution in [0.3, 0.4) is 0 Å². The molecule has 112 valence electrons. The second-order valence-corrected chi connectivity index (χ2v) is 7.02. The summed E-state index contributed by atoms with van der Waals surface area (Å²) in [7, 11) is -3.90. The smallest absolute Gasteiger partial charge is 0.262 e. The zero-order chi connectivity index (χ0) is 15.6. The van der Waals surface area contributed by atoms with E-state index < -0.39 is 15.8 Å². The third kappa shape index (κ3) is 3.54. The van der Waals surface area contributed by atoms with Crippen LogP contribution in [0.15, 0.2) is 45.8 Å². The lowest BCUT2D eigenvalue weighted by Crippen LogP contribution is -2.16. The van der Waals surface area contributed by atoms with Crippen molar-refractivity contribution in [2.24, 2.45) is 0 Å². The molecule has 2 aromatic rings. The van der Waals surface area contributed by atoms with Crippen LogP contribution < -0.4 is 10.5 Å². The first-order valence-electron chi connectivity index (χ1n) is 6.19. The van der Waals surface area contributed by atoms with E-state index in [1.807, 2.05) is 6.92 Å². The summed E-state index contributed by atoms with van der Waals surface area (Å²) in [6, 6.07) is 8.77. The maximum Gasteiger partial charge on any atom is 0.262 e. The van der Waals surface area contributed by atoms with Gasteiger partial charge in [0.25, 0.3) is 10.0 Å². The Hall–Kier alpha value is -1.60. The molecule has 21 heavy (non-hydrogen) atoms. The topological polar surface area (TPSA) is 72.2 Å². The van der Waals surface area contributed by atoms with Crippen molar-refractivity contribution in [2.45, 2.75) is 18.2 Å². The predicted octanol–water partition coefficient (Wildman–Crippen LogP) is 3.53. The normalized spacial score (nSPS) is 11.4. The van der Waals surface area contributed by atoms with Crippen LogP contribution in [0.25, 0.3) is 0 Å². The van der Waals surface area contributed by atoms with Crippen molar-refractivity contribution >= 4 is 37.3 Å². The molecule has 0 aromatic heterocycles. The van der Waals surface area contributed by atoms with Crippen molar-refractivity contribution < 1.29 is 12.8 Å². The fraction of sp³-hybridized carbons (Fsp3) is 0.143. The fourth-order valence-corrected chi connectivity index (χ4v) is 3.63. The highest BCUT2D eigenvalue weighted by Crippen LogP contribution is 2.25. The van der Waals surface area contributed by atoms with Gasteiger partial charge < -0.3 is 5.73 Å². The van der Waals surface area contributed by atoms with Gasteiger partial charge in [-0.05, 0) is 42.3 Å². The zero-order valence-corrected chi connectivity index (χ0v) is 13.6. The van der Waals surface area contributed by atoms with Crippen LogP contribution in [-0.4, -0.2) is 8.42 Å². The van der Waals surface area contributed by atoms with Crippen LogP contribution in [0.2, 0.25) is 0 Å². The molecule has 0 spiro atoms. The summed E-state index contributed by atoms with van der Waals surface area (Å²) in [6.07, 6.45) is 0.527. The van der Waals surface area contributed by atoms with E-state index in [0.717, 1.165) is 0 Å². The average molecular weight is 373 g/mol. The summed E-state index contributed by atoms with van der Waals surface area (Å²) in [4.78, 5) is 0.0623. The molecule has 4 nitrogen and oxygen atoms in total. The first-order valence-corrected chi connectivity index (χ1v) is 8.47. The molecule has 0 atom stereocenters. The molecule has 0 fully saturated rings. The minimum Gasteiger partial charge on any atom is -0.399 e. The maximum absolute atomic E-state index is 13.8. The second kappa shape index (κ2) is 6.03. The lowest BCUT2D eigenvalue weighted by molar-refractivity contribution is 0.597. The van der Waals surface area contributed by atoms with Crippen molar-refractivity contribution in [1.29, 1.82) is 0 Å². The van der Waals surface area contributed by atoms with Crippen molar-refractivity contribution in [3.8, 4) is 0 Å². The number of nitrogens with one attached hydrogen (secondary N) is 1. The molecule has 2 rings (SSSR count). The van der Waals surface area contributed by atoms with Crippen LogP contribution in [0.1, 0.15) is 12.5 Å². The molecule has 7 heteroatoms. The van der Waals surface area contributed by atoms with E-state index in [-0.39, 0.29) is 10.6 Å². The minimum atomic E-state index is -3.90. The number of rotatable bonds is 4. The molecule has 0 aliphatic heterocycles. The summed E-state index contributed by atoms with van der Waals surface area (Å²) >= 11 is 3.12. The Balaban J connectivity index is 2.45. The van der Waals surface area contributed by atoms with Crippen LogP contribution in [0.4, 0.5) is 15.8 Å². The number of sulfonamides is 1. The number of benzene rings is 2. The third-order valence-electron chi connectivity index (χ3n) is 2.94. The molecular formula is C14H14BrFN2O2S. The number of hydrogen-bond acceptors (Lipinski definition) is 3. The van der Waals surface area contributed by atoms with Crippen LogP contribution in [-0.2, 0) is 16.4 Å². The molecule has 0 saturated carbocycles. The van der Waals surface area contributed by atoms with Crippen LogP contribution >= 0.6 is 15.9 Å². The minimum absolute atomic E-state index is 0.0623. The molecule has 0 saturated heterocycles. The predicted molar refractivity (Wildman–Crippen MR) is 85.1 cm³/mol. The standard InChI is InChI=1S/C14H14BrFN2O2S/c1-2-9-3-5-11(17)8-14(9)21(19,20)18-13-6-4-10(15)7-12(13)16/h3-8,18H,2,17H2,1H3. The maximum atomic E-state index is 13.8. The van der Waals surface area contributed by atoms with E-state index >= 15 is 0 Å². The molecule has 0 aliphatic rings. The summed E-state index contributed by atoms with van der Waals surface area (Å²) in [5.41, 5.74) is 6.50. The molecular weight excluding hydrogens is 359 g/mol. The Kier molecular flexibility index (Phi) is 4.53. The molecule has 0 bridgehead atoms. The average Bonchev–Trinajstić information content (AvgIpc) is 2.42. The molecule has 0 radical (unpaired) electrons. The summed E-state index contributed by atoms with van der Waals surface area (Å²) in [6.45, 7) is 1.84. The van der Waals surface area contributed by atoms with E-state index in [0.29, 0.717) is 22.1 Å². The Morgan fingerprint density at radius 2 is 1.95 bits per heavy atom. The summed E-state index contributed by atoms with van der Waals surface area (Å²) in [5, 5.41) is 0. The third-order valence-corrected chi connectivity index (χ3v) is 4.88. The van der Waals surface area contributed by atoms with Gasteiger partial charge in [-0.25, -0.2) is 12.8 Å². The number of hydrogen-bond donors (Lipinski definition) is 2. The number of aryl methyl sites for hydroxylation is 1. The second-order valence-electron chi connectivity index (χ2n) is 4.45. The Labute approximate surface area is 131 Å². The van der Waals surface area contributed by atoms with Crippen LogP contribution in [0, 0.1) is 5.82 Å². The van der Waals surface area contributed by atoms with Crippen molar-refractivity contribution in [2.75, 3.05) is 10.5 Å². The zero-order valence-electron chi connectivity index (χ0n) is 11.2. The first kappa shape index (κ1) is 15.8. The van der Waals surface area contributed by atoms with Gasteiger partial charge in [-0.3, -0.25) is 4.72 Å². The van der Waals surface area contributed by atoms with E-state index in [4.69, 9.17) is 5.73 Å². The van der Waals surface area contributed by atoms with Gasteiger partial charge in [0.15, 0.2) is 0 Å². The highest BCUT2D eigenvalue weighted by atomic mass is 79.9. The lowest BCUT2D eigenvalue weighted by Gasteiger charge is -2.13. The van der Waals surface area contributed by atoms with Crippen molar-refractivity contribution in [3.63, 3.8) is 0 Å². The molecule has 0 aliphatic carbocycles. The number of halogens is 2. The van der Waals surface area contributed by atoms with Crippen LogP contribution in [0.5, 0.6) is 0 Å². The van der Waals surface area contributed by atoms with Gasteiger partial charge >= 0.3 is 0 Å². The highest BCUT2D eigenvalue weighted by Gasteiger charge is 2.20. The first-order chi connectivity index (χ1) is 9.83. The Bertz CT molecular complexity index is 779. The van der Waals surface area contributed by atoms with E-state index in [1.165, 1.54) is 18.2 Å². The Morgan fingerprint density at radius 1 is 1.24 bits per heavy atom. The SMILES string of the molecule is CCc1ccc(N)cc1S(=O)(=O)Nc1ccc(Br)cc1F. The van der Waals surface area contributed by atoms with Gasteiger partial charge in [0.2, 0.25) is 0 Å². The van der Waals surface area contributed by atoms with Crippen molar-refractivity contribution in [3.05, 3.63) is 52.3 Å². The van der Waals surface area contributed by atoms with Gasteiger partial charge in [-0.1, -0.05) is 28.9 Å². The summed E-state index contributed by atoms with van der Waals surface area (Å²) < 4.78 is 41.4. The molecule has 3 N–H and O–H groups in total. The monoisotopic (exact) mass is 372 g/mol. The van der Waals surface area contributed by atoms with E-state index in [1.54, 1.807) is 18.2 Å². The molecule has 0 unspecified atom stereocenters. The van der Waals surface area contributed by atoms with Gasteiger partial charge in [0, 0.05) is 10.2 Å². The molecule has 0 amide bonds. The molecule has 0 heterocycles. The number of nitrogen functional groups attached to an aromatic ring is 1.